The van der Waals surface area contributed by atoms with E-state index in [0.717, 1.165) is 21.2 Å². The van der Waals surface area contributed by atoms with Crippen LogP contribution in [0.15, 0.2) is 16.3 Å². The summed E-state index contributed by atoms with van der Waals surface area (Å²) in [5.41, 5.74) is 0. The summed E-state index contributed by atoms with van der Waals surface area (Å²) in [6.07, 6.45) is 4.45. The van der Waals surface area contributed by atoms with Crippen LogP contribution in [0.25, 0.3) is 0 Å². The Hall–Kier alpha value is -0.750. The molecule has 0 spiro atoms. The molecule has 0 saturated carbocycles. The summed E-state index contributed by atoms with van der Waals surface area (Å²) in [6, 6.07) is 0. The van der Waals surface area contributed by atoms with Gasteiger partial charge in [-0.1, -0.05) is 11.3 Å². The van der Waals surface area contributed by atoms with E-state index < -0.39 is 0 Å². The first-order chi connectivity index (χ1) is 6.25. The molecule has 0 aliphatic rings. The second-order valence-corrected chi connectivity index (χ2v) is 4.92. The first kappa shape index (κ1) is 8.83. The third-order valence-electron chi connectivity index (χ3n) is 1.67. The van der Waals surface area contributed by atoms with Crippen molar-refractivity contribution in [3.63, 3.8) is 0 Å². The number of imidazole rings is 1. The van der Waals surface area contributed by atoms with Crippen LogP contribution in [-0.2, 0) is 13.5 Å². The molecule has 68 valence electrons. The van der Waals surface area contributed by atoms with E-state index in [2.05, 4.69) is 31.1 Å². The maximum absolute atomic E-state index is 4.21. The number of nitrogens with zero attached hydrogens (tertiary/aromatic N) is 4. The molecule has 6 heteroatoms. The molecule has 0 atom stereocenters. The van der Waals surface area contributed by atoms with Crippen LogP contribution < -0.4 is 0 Å². The Morgan fingerprint density at radius 1 is 1.54 bits per heavy atom. The molecule has 2 heterocycles. The summed E-state index contributed by atoms with van der Waals surface area (Å²) in [5.74, 6) is 1.00. The largest absolute Gasteiger partial charge is 0.338 e. The maximum Gasteiger partial charge on any atom is 0.183 e. The summed E-state index contributed by atoms with van der Waals surface area (Å²) in [6.45, 7) is 0. The molecular weight excluding hydrogens is 252 g/mol. The molecule has 13 heavy (non-hydrogen) atoms. The molecule has 4 nitrogen and oxygen atoms in total. The van der Waals surface area contributed by atoms with Crippen LogP contribution in [0.2, 0.25) is 0 Å². The van der Waals surface area contributed by atoms with Crippen molar-refractivity contribution in [2.75, 3.05) is 0 Å². The molecule has 0 fully saturated rings. The van der Waals surface area contributed by atoms with Gasteiger partial charge in [0.15, 0.2) is 3.92 Å². The topological polar surface area (TPSA) is 43.6 Å². The molecule has 2 aromatic rings. The Balaban J connectivity index is 2.19. The third kappa shape index (κ3) is 1.94. The summed E-state index contributed by atoms with van der Waals surface area (Å²) < 4.78 is 2.80. The van der Waals surface area contributed by atoms with Gasteiger partial charge in [-0.05, 0) is 15.9 Å². The van der Waals surface area contributed by atoms with E-state index >= 15 is 0 Å². The summed E-state index contributed by atoms with van der Waals surface area (Å²) in [5, 5.41) is 8.85. The minimum atomic E-state index is 0.743. The second kappa shape index (κ2) is 3.55. The molecule has 0 bridgehead atoms. The van der Waals surface area contributed by atoms with Crippen LogP contribution in [0.1, 0.15) is 10.8 Å². The molecule has 0 amide bonds. The van der Waals surface area contributed by atoms with Gasteiger partial charge in [0.05, 0.1) is 6.42 Å². The van der Waals surface area contributed by atoms with E-state index in [1.807, 2.05) is 17.8 Å². The van der Waals surface area contributed by atoms with Gasteiger partial charge in [0.2, 0.25) is 0 Å². The van der Waals surface area contributed by atoms with E-state index in [0.29, 0.717) is 0 Å². The lowest BCUT2D eigenvalue weighted by molar-refractivity contribution is 0.812. The fraction of sp³-hybridized carbons (Fsp3) is 0.286. The van der Waals surface area contributed by atoms with Crippen LogP contribution in [0.3, 0.4) is 0 Å². The van der Waals surface area contributed by atoms with E-state index in [4.69, 9.17) is 0 Å². The fourth-order valence-corrected chi connectivity index (χ4v) is 2.21. The van der Waals surface area contributed by atoms with E-state index in [-0.39, 0.29) is 0 Å². The van der Waals surface area contributed by atoms with Crippen molar-refractivity contribution >= 4 is 27.3 Å². The predicted octanol–water partition coefficient (Wildman–Crippen LogP) is 1.62. The summed E-state index contributed by atoms with van der Waals surface area (Å²) in [7, 11) is 1.97. The average molecular weight is 259 g/mol. The van der Waals surface area contributed by atoms with E-state index in [1.54, 1.807) is 6.20 Å². The smallest absolute Gasteiger partial charge is 0.183 e. The first-order valence-corrected chi connectivity index (χ1v) is 5.31. The van der Waals surface area contributed by atoms with Gasteiger partial charge in [-0.2, -0.15) is 0 Å². The highest BCUT2D eigenvalue weighted by Gasteiger charge is 2.05. The molecule has 0 aliphatic carbocycles. The second-order valence-electron chi connectivity index (χ2n) is 2.58. The monoisotopic (exact) mass is 258 g/mol. The highest BCUT2D eigenvalue weighted by molar-refractivity contribution is 9.11. The molecule has 0 saturated heterocycles. The maximum atomic E-state index is 4.21. The normalized spacial score (nSPS) is 10.6. The highest BCUT2D eigenvalue weighted by atomic mass is 79.9. The molecule has 0 N–H and O–H groups in total. The van der Waals surface area contributed by atoms with Crippen molar-refractivity contribution in [1.82, 2.24) is 19.7 Å². The van der Waals surface area contributed by atoms with Crippen LogP contribution >= 0.6 is 27.3 Å². The molecule has 0 aliphatic heterocycles. The summed E-state index contributed by atoms with van der Waals surface area (Å²) >= 11 is 4.81. The SMILES string of the molecule is Cn1ccnc1Cc1nnc(Br)s1. The molecule has 2 aromatic heterocycles. The molecular formula is C7H7BrN4S. The number of halogens is 1. The van der Waals surface area contributed by atoms with Gasteiger partial charge >= 0.3 is 0 Å². The fourth-order valence-electron chi connectivity index (χ4n) is 1.01. The lowest BCUT2D eigenvalue weighted by Gasteiger charge is -1.96. The number of hydrogen-bond donors (Lipinski definition) is 0. The zero-order valence-electron chi connectivity index (χ0n) is 6.94. The lowest BCUT2D eigenvalue weighted by Crippen LogP contribution is -1.97. The van der Waals surface area contributed by atoms with Crippen molar-refractivity contribution < 1.29 is 0 Å². The van der Waals surface area contributed by atoms with Gasteiger partial charge in [-0.25, -0.2) is 4.98 Å². The lowest BCUT2D eigenvalue weighted by atomic mass is 10.4. The van der Waals surface area contributed by atoms with Gasteiger partial charge in [-0.3, -0.25) is 0 Å². The Morgan fingerprint density at radius 2 is 2.38 bits per heavy atom. The zero-order valence-corrected chi connectivity index (χ0v) is 9.34. The van der Waals surface area contributed by atoms with Crippen LogP contribution in [0, 0.1) is 0 Å². The minimum Gasteiger partial charge on any atom is -0.338 e. The Bertz CT molecular complexity index is 408. The number of hydrogen-bond acceptors (Lipinski definition) is 4. The van der Waals surface area contributed by atoms with Crippen LogP contribution in [-0.4, -0.2) is 19.7 Å². The van der Waals surface area contributed by atoms with Crippen LogP contribution in [0.4, 0.5) is 0 Å². The van der Waals surface area contributed by atoms with Crippen molar-refractivity contribution in [3.8, 4) is 0 Å². The standard InChI is InChI=1S/C7H7BrN4S/c1-12-3-2-9-5(12)4-6-10-11-7(8)13-6/h2-3H,4H2,1H3. The quantitative estimate of drug-likeness (QED) is 0.823. The molecule has 0 unspecified atom stereocenters. The molecule has 0 aromatic carbocycles. The van der Waals surface area contributed by atoms with Crippen LogP contribution in [0.5, 0.6) is 0 Å². The van der Waals surface area contributed by atoms with Crippen molar-refractivity contribution in [3.05, 3.63) is 27.1 Å². The third-order valence-corrected chi connectivity index (χ3v) is 3.03. The van der Waals surface area contributed by atoms with Crippen molar-refractivity contribution in [2.24, 2.45) is 7.05 Å². The highest BCUT2D eigenvalue weighted by Crippen LogP contribution is 2.17. The molecule has 0 radical (unpaired) electrons. The first-order valence-electron chi connectivity index (χ1n) is 3.70. The van der Waals surface area contributed by atoms with E-state index in [9.17, 15) is 0 Å². The van der Waals surface area contributed by atoms with Gasteiger partial charge in [0.25, 0.3) is 0 Å². The Labute approximate surface area is 87.8 Å². The zero-order chi connectivity index (χ0) is 9.26. The number of rotatable bonds is 2. The number of aromatic nitrogens is 4. The van der Waals surface area contributed by atoms with Gasteiger partial charge < -0.3 is 4.57 Å². The van der Waals surface area contributed by atoms with Gasteiger partial charge in [0, 0.05) is 19.4 Å². The van der Waals surface area contributed by atoms with Gasteiger partial charge in [0.1, 0.15) is 10.8 Å². The number of aryl methyl sites for hydroxylation is 1. The summed E-state index contributed by atoms with van der Waals surface area (Å²) in [4.78, 5) is 4.21. The Kier molecular flexibility index (Phi) is 2.41. The van der Waals surface area contributed by atoms with Crippen molar-refractivity contribution in [1.29, 1.82) is 0 Å². The Morgan fingerprint density at radius 3 is 2.92 bits per heavy atom. The molecule has 2 rings (SSSR count). The minimum absolute atomic E-state index is 0.743. The van der Waals surface area contributed by atoms with E-state index in [1.165, 1.54) is 11.3 Å². The predicted molar refractivity (Wildman–Crippen MR) is 53.6 cm³/mol. The van der Waals surface area contributed by atoms with Crippen molar-refractivity contribution in [2.45, 2.75) is 6.42 Å². The average Bonchev–Trinajstić information content (AvgIpc) is 2.64. The van der Waals surface area contributed by atoms with Gasteiger partial charge in [-0.15, -0.1) is 10.2 Å².